The van der Waals surface area contributed by atoms with Gasteiger partial charge < -0.3 is 4.42 Å². The Bertz CT molecular complexity index is 4830. The van der Waals surface area contributed by atoms with Crippen LogP contribution in [0.25, 0.3) is 143 Å². The number of fused-ring (bicyclic) bond motifs is 17. The molecule has 0 unspecified atom stereocenters. The fraction of sp³-hybridized carbons (Fsp3) is 0.0282. The lowest BCUT2D eigenvalue weighted by molar-refractivity contribution is 0.669. The largest absolute Gasteiger partial charge is 0.456 e. The van der Waals surface area contributed by atoms with E-state index in [1.807, 2.05) is 18.2 Å². The van der Waals surface area contributed by atoms with E-state index in [9.17, 15) is 0 Å². The van der Waals surface area contributed by atoms with Gasteiger partial charge in [0.05, 0.1) is 5.41 Å². The highest BCUT2D eigenvalue weighted by Gasteiger charge is 2.51. The molecule has 0 radical (unpaired) electrons. The minimum Gasteiger partial charge on any atom is -0.456 e. The van der Waals surface area contributed by atoms with Crippen LogP contribution in [0.2, 0.25) is 0 Å². The van der Waals surface area contributed by atoms with E-state index in [1.165, 1.54) is 65.5 Å². The van der Waals surface area contributed by atoms with Crippen molar-refractivity contribution in [2.45, 2.75) is 12.3 Å². The quantitative estimate of drug-likeness (QED) is 0.160. The normalized spacial score (nSPS) is 13.1. The van der Waals surface area contributed by atoms with Crippen molar-refractivity contribution in [3.63, 3.8) is 0 Å². The van der Waals surface area contributed by atoms with Crippen molar-refractivity contribution in [2.24, 2.45) is 0 Å². The second kappa shape index (κ2) is 16.8. The number of furan rings is 1. The number of hydrogen-bond acceptors (Lipinski definition) is 6. The molecule has 10 aromatic carbocycles. The smallest absolute Gasteiger partial charge is 0.165 e. The Morgan fingerprint density at radius 1 is 0.416 bits per heavy atom. The summed E-state index contributed by atoms with van der Waals surface area (Å²) in [6.07, 6.45) is 6.20. The number of benzene rings is 10. The van der Waals surface area contributed by atoms with Crippen molar-refractivity contribution in [2.75, 3.05) is 0 Å². The van der Waals surface area contributed by atoms with Gasteiger partial charge in [-0.05, 0) is 122 Å². The van der Waals surface area contributed by atoms with Gasteiger partial charge in [-0.15, -0.1) is 22.7 Å². The molecule has 6 heteroatoms. The van der Waals surface area contributed by atoms with E-state index in [4.69, 9.17) is 19.4 Å². The minimum atomic E-state index is -0.373. The van der Waals surface area contributed by atoms with Crippen LogP contribution in [-0.2, 0) is 5.41 Å². The first-order chi connectivity index (χ1) is 38.1. The van der Waals surface area contributed by atoms with E-state index in [-0.39, 0.29) is 5.41 Å². The van der Waals surface area contributed by atoms with Crippen LogP contribution in [0.15, 0.2) is 229 Å². The summed E-state index contributed by atoms with van der Waals surface area (Å²) in [4.78, 5) is 17.4. The molecule has 360 valence electrons. The van der Waals surface area contributed by atoms with Gasteiger partial charge in [0, 0.05) is 68.2 Å². The van der Waals surface area contributed by atoms with Gasteiger partial charge in [-0.25, -0.2) is 15.0 Å². The molecule has 0 bridgehead atoms. The summed E-state index contributed by atoms with van der Waals surface area (Å²) in [5, 5.41) is 5.47. The number of nitrogens with zero attached hydrogens (tertiary/aromatic N) is 3. The molecule has 77 heavy (non-hydrogen) atoms. The number of aromatic nitrogens is 3. The average molecular weight is 1020 g/mol. The summed E-state index contributed by atoms with van der Waals surface area (Å²) in [7, 11) is 0. The first kappa shape index (κ1) is 44.0. The van der Waals surface area contributed by atoms with E-state index in [0.29, 0.717) is 17.5 Å². The van der Waals surface area contributed by atoms with Gasteiger partial charge in [-0.2, -0.15) is 0 Å². The molecular formula is C71H43N3OS2. The molecule has 0 amide bonds. The summed E-state index contributed by atoms with van der Waals surface area (Å²) in [5.41, 5.74) is 20.2. The van der Waals surface area contributed by atoms with Crippen LogP contribution >= 0.6 is 22.7 Å². The summed E-state index contributed by atoms with van der Waals surface area (Å²) in [6, 6.07) is 77.3. The maximum absolute atomic E-state index is 6.70. The molecule has 16 rings (SSSR count). The van der Waals surface area contributed by atoms with E-state index in [0.717, 1.165) is 80.5 Å². The highest BCUT2D eigenvalue weighted by atomic mass is 32.1. The van der Waals surface area contributed by atoms with Crippen LogP contribution in [0.5, 0.6) is 0 Å². The monoisotopic (exact) mass is 1020 g/mol. The maximum atomic E-state index is 6.70. The predicted molar refractivity (Wildman–Crippen MR) is 324 cm³/mol. The van der Waals surface area contributed by atoms with Gasteiger partial charge in [0.1, 0.15) is 11.2 Å². The summed E-state index contributed by atoms with van der Waals surface area (Å²) in [6.45, 7) is 6.24. The molecule has 0 atom stereocenters. The average Bonchev–Trinajstić information content (AvgIpc) is 3.59. The molecule has 14 aromatic rings. The predicted octanol–water partition coefficient (Wildman–Crippen LogP) is 19.7. The minimum absolute atomic E-state index is 0.373. The van der Waals surface area contributed by atoms with Crippen LogP contribution < -0.4 is 0 Å². The van der Waals surface area contributed by atoms with Crippen LogP contribution in [0.4, 0.5) is 0 Å². The Balaban J connectivity index is 0.850. The molecule has 0 aliphatic heterocycles. The van der Waals surface area contributed by atoms with Crippen molar-refractivity contribution in [3.8, 4) is 78.7 Å². The number of rotatable bonds is 7. The summed E-state index contributed by atoms with van der Waals surface area (Å²) < 4.78 is 10.2. The molecule has 0 fully saturated rings. The van der Waals surface area contributed by atoms with Crippen LogP contribution in [0.3, 0.4) is 0 Å². The van der Waals surface area contributed by atoms with E-state index in [1.54, 1.807) is 22.7 Å². The Morgan fingerprint density at radius 3 is 1.68 bits per heavy atom. The Kier molecular flexibility index (Phi) is 9.62. The topological polar surface area (TPSA) is 51.8 Å². The number of thiophene rings is 2. The van der Waals surface area contributed by atoms with Gasteiger partial charge in [0.2, 0.25) is 0 Å². The lowest BCUT2D eigenvalue weighted by Gasteiger charge is -2.30. The maximum Gasteiger partial charge on any atom is 0.165 e. The molecule has 0 N–H and O–H groups in total. The highest BCUT2D eigenvalue weighted by Crippen LogP contribution is 2.63. The fourth-order valence-electron chi connectivity index (χ4n) is 12.9. The summed E-state index contributed by atoms with van der Waals surface area (Å²) in [5.74, 6) is 1.81. The molecule has 1 spiro atoms. The van der Waals surface area contributed by atoms with Gasteiger partial charge in [-0.1, -0.05) is 189 Å². The number of allylic oxidation sites excluding steroid dienone is 1. The zero-order chi connectivity index (χ0) is 50.9. The Morgan fingerprint density at radius 2 is 0.948 bits per heavy atom. The third-order valence-corrected chi connectivity index (χ3v) is 18.5. The van der Waals surface area contributed by atoms with E-state index in [2.05, 4.69) is 226 Å². The lowest BCUT2D eigenvalue weighted by Crippen LogP contribution is -2.25. The molecule has 4 heterocycles. The van der Waals surface area contributed by atoms with E-state index < -0.39 is 0 Å². The highest BCUT2D eigenvalue weighted by molar-refractivity contribution is 7.26. The summed E-state index contributed by atoms with van der Waals surface area (Å²) >= 11 is 3.51. The molecule has 2 aliphatic rings. The second-order valence-corrected chi connectivity index (χ2v) is 22.2. The Hall–Kier alpha value is -9.33. The number of hydrogen-bond donors (Lipinski definition) is 0. The standard InChI is InChI=1S/C71H43N3OS2/c1-3-17-50-62(4-2)76-64-33-16-26-52(66(50)64)69-72-68(73-70(74-69)53-27-14-24-49-48-23-8-12-32-63(48)77-67(49)53)51-25-15-31-61-65(51)55-40-44(35-37-60(55)75-61)42-19-13-18-41(38-42)43-34-36-59-54(39-43)47-22-7-11-30-58(47)71(59)56-28-9-5-20-45(56)46-21-6-10-29-57(46)71/h3-40H,2H2,1H3/b17-3-. The van der Waals surface area contributed by atoms with Gasteiger partial charge >= 0.3 is 0 Å². The van der Waals surface area contributed by atoms with Crippen molar-refractivity contribution in [1.29, 1.82) is 0 Å². The zero-order valence-corrected chi connectivity index (χ0v) is 43.3. The second-order valence-electron chi connectivity index (χ2n) is 20.1. The fourth-order valence-corrected chi connectivity index (χ4v) is 15.2. The van der Waals surface area contributed by atoms with Crippen molar-refractivity contribution in [3.05, 3.63) is 258 Å². The molecule has 0 saturated heterocycles. The van der Waals surface area contributed by atoms with Gasteiger partial charge in [0.25, 0.3) is 0 Å². The SMILES string of the molecule is C=Cc1sc2cccc(-c3nc(-c4cccc5c4sc4ccccc45)nc(-c4cccc5oc6ccc(-c7cccc(-c8ccc9c(c8)-c8ccccc8C98c9ccccc9-c9ccccc98)c7)cc6c45)n3)c2c1/C=C\C. The van der Waals surface area contributed by atoms with Gasteiger partial charge in [0.15, 0.2) is 17.5 Å². The molecular weight excluding hydrogens is 975 g/mol. The van der Waals surface area contributed by atoms with Crippen molar-refractivity contribution < 1.29 is 4.42 Å². The van der Waals surface area contributed by atoms with Crippen LogP contribution in [-0.4, -0.2) is 15.0 Å². The zero-order valence-electron chi connectivity index (χ0n) is 41.7. The molecule has 4 nitrogen and oxygen atoms in total. The third-order valence-electron chi connectivity index (χ3n) is 16.1. The third kappa shape index (κ3) is 6.34. The van der Waals surface area contributed by atoms with Crippen LogP contribution in [0, 0.1) is 0 Å². The van der Waals surface area contributed by atoms with Crippen LogP contribution in [0.1, 0.15) is 39.6 Å². The van der Waals surface area contributed by atoms with Crippen molar-refractivity contribution >= 4 is 87.0 Å². The first-order valence-electron chi connectivity index (χ1n) is 26.1. The molecule has 2 aliphatic carbocycles. The van der Waals surface area contributed by atoms with E-state index >= 15 is 0 Å². The van der Waals surface area contributed by atoms with Gasteiger partial charge in [-0.3, -0.25) is 0 Å². The van der Waals surface area contributed by atoms with Crippen molar-refractivity contribution in [1.82, 2.24) is 15.0 Å². The molecule has 4 aromatic heterocycles. The first-order valence-corrected chi connectivity index (χ1v) is 27.7. The Labute approximate surface area is 452 Å². The lowest BCUT2D eigenvalue weighted by atomic mass is 9.70. The molecule has 0 saturated carbocycles.